The maximum absolute atomic E-state index is 11.8. The van der Waals surface area contributed by atoms with Crippen LogP contribution in [0.4, 0.5) is 0 Å². The van der Waals surface area contributed by atoms with Crippen molar-refractivity contribution in [3.8, 4) is 0 Å². The van der Waals surface area contributed by atoms with E-state index in [1.807, 2.05) is 11.8 Å². The molecule has 13 heavy (non-hydrogen) atoms. The Labute approximate surface area is 80.3 Å². The first kappa shape index (κ1) is 10.5. The molecule has 1 amide bonds. The average molecular weight is 184 g/mol. The number of nitrogens with two attached hydrogens (primary N) is 1. The van der Waals surface area contributed by atoms with Crippen molar-refractivity contribution in [2.45, 2.75) is 51.6 Å². The summed E-state index contributed by atoms with van der Waals surface area (Å²) in [5.41, 5.74) is 5.74. The Bertz CT molecular complexity index is 201. The SMILES string of the molecule is CC[C@H](N)C(=O)N1CCCC1(C)C. The summed E-state index contributed by atoms with van der Waals surface area (Å²) in [6.07, 6.45) is 2.93. The maximum Gasteiger partial charge on any atom is 0.239 e. The van der Waals surface area contributed by atoms with Crippen molar-refractivity contribution in [2.75, 3.05) is 6.54 Å². The predicted octanol–water partition coefficient (Wildman–Crippen LogP) is 1.12. The molecule has 0 spiro atoms. The Kier molecular flexibility index (Phi) is 2.96. The fraction of sp³-hybridized carbons (Fsp3) is 0.900. The molecule has 76 valence electrons. The van der Waals surface area contributed by atoms with Gasteiger partial charge < -0.3 is 10.6 Å². The molecule has 1 rings (SSSR count). The number of hydrogen-bond donors (Lipinski definition) is 1. The molecule has 0 unspecified atom stereocenters. The third kappa shape index (κ3) is 2.02. The molecule has 1 atom stereocenters. The van der Waals surface area contributed by atoms with Gasteiger partial charge in [-0.05, 0) is 33.1 Å². The van der Waals surface area contributed by atoms with E-state index in [2.05, 4.69) is 13.8 Å². The molecule has 1 aliphatic rings. The highest BCUT2D eigenvalue weighted by atomic mass is 16.2. The van der Waals surface area contributed by atoms with E-state index < -0.39 is 0 Å². The van der Waals surface area contributed by atoms with E-state index in [0.29, 0.717) is 0 Å². The summed E-state index contributed by atoms with van der Waals surface area (Å²) in [7, 11) is 0. The van der Waals surface area contributed by atoms with Crippen LogP contribution >= 0.6 is 0 Å². The smallest absolute Gasteiger partial charge is 0.239 e. The molecule has 1 aliphatic heterocycles. The van der Waals surface area contributed by atoms with E-state index >= 15 is 0 Å². The van der Waals surface area contributed by atoms with Gasteiger partial charge in [0.1, 0.15) is 0 Å². The largest absolute Gasteiger partial charge is 0.336 e. The highest BCUT2D eigenvalue weighted by Gasteiger charge is 2.36. The van der Waals surface area contributed by atoms with Crippen molar-refractivity contribution in [3.05, 3.63) is 0 Å². The van der Waals surface area contributed by atoms with Crippen molar-refractivity contribution in [2.24, 2.45) is 5.73 Å². The molecule has 3 heteroatoms. The molecule has 1 heterocycles. The van der Waals surface area contributed by atoms with Crippen LogP contribution in [0.5, 0.6) is 0 Å². The summed E-state index contributed by atoms with van der Waals surface area (Å²) in [6, 6.07) is -0.308. The third-order valence-corrected chi connectivity index (χ3v) is 2.92. The average Bonchev–Trinajstić information content (AvgIpc) is 2.42. The summed E-state index contributed by atoms with van der Waals surface area (Å²) in [5.74, 6) is 0.116. The lowest BCUT2D eigenvalue weighted by molar-refractivity contribution is -0.135. The summed E-state index contributed by atoms with van der Waals surface area (Å²) in [4.78, 5) is 13.7. The first-order chi connectivity index (χ1) is 5.99. The van der Waals surface area contributed by atoms with Crippen LogP contribution in [0.25, 0.3) is 0 Å². The summed E-state index contributed by atoms with van der Waals surface area (Å²) in [6.45, 7) is 7.05. The molecule has 0 aromatic heterocycles. The molecule has 2 N–H and O–H groups in total. The van der Waals surface area contributed by atoms with Gasteiger partial charge >= 0.3 is 0 Å². The Morgan fingerprint density at radius 3 is 2.62 bits per heavy atom. The van der Waals surface area contributed by atoms with Crippen molar-refractivity contribution >= 4 is 5.91 Å². The van der Waals surface area contributed by atoms with E-state index in [-0.39, 0.29) is 17.5 Å². The van der Waals surface area contributed by atoms with Crippen LogP contribution in [-0.2, 0) is 4.79 Å². The maximum atomic E-state index is 11.8. The molecular formula is C10H20N2O. The molecule has 0 aromatic rings. The highest BCUT2D eigenvalue weighted by Crippen LogP contribution is 2.28. The Hall–Kier alpha value is -0.570. The van der Waals surface area contributed by atoms with E-state index in [1.54, 1.807) is 0 Å². The van der Waals surface area contributed by atoms with Crippen LogP contribution in [-0.4, -0.2) is 28.9 Å². The van der Waals surface area contributed by atoms with Crippen LogP contribution in [0, 0.1) is 0 Å². The highest BCUT2D eigenvalue weighted by molar-refractivity contribution is 5.82. The van der Waals surface area contributed by atoms with Gasteiger partial charge in [-0.15, -0.1) is 0 Å². The first-order valence-electron chi connectivity index (χ1n) is 5.06. The van der Waals surface area contributed by atoms with Gasteiger partial charge in [-0.3, -0.25) is 4.79 Å². The Morgan fingerprint density at radius 1 is 1.62 bits per heavy atom. The van der Waals surface area contributed by atoms with Crippen molar-refractivity contribution < 1.29 is 4.79 Å². The molecular weight excluding hydrogens is 164 g/mol. The minimum atomic E-state index is -0.308. The van der Waals surface area contributed by atoms with Crippen molar-refractivity contribution in [1.29, 1.82) is 0 Å². The van der Waals surface area contributed by atoms with Gasteiger partial charge in [0.05, 0.1) is 6.04 Å². The number of hydrogen-bond acceptors (Lipinski definition) is 2. The molecule has 3 nitrogen and oxygen atoms in total. The lowest BCUT2D eigenvalue weighted by atomic mass is 10.0. The number of rotatable bonds is 2. The minimum absolute atomic E-state index is 0.0177. The Balaban J connectivity index is 2.66. The monoisotopic (exact) mass is 184 g/mol. The second-order valence-electron chi connectivity index (χ2n) is 4.42. The zero-order valence-electron chi connectivity index (χ0n) is 8.84. The molecule has 0 bridgehead atoms. The minimum Gasteiger partial charge on any atom is -0.336 e. The van der Waals surface area contributed by atoms with Crippen LogP contribution < -0.4 is 5.73 Å². The number of amides is 1. The number of nitrogens with zero attached hydrogens (tertiary/aromatic N) is 1. The van der Waals surface area contributed by atoms with Gasteiger partial charge in [-0.1, -0.05) is 6.92 Å². The van der Waals surface area contributed by atoms with Crippen molar-refractivity contribution in [3.63, 3.8) is 0 Å². The second-order valence-corrected chi connectivity index (χ2v) is 4.42. The Morgan fingerprint density at radius 2 is 2.23 bits per heavy atom. The van der Waals surface area contributed by atoms with Gasteiger partial charge in [0.25, 0.3) is 0 Å². The number of carbonyl (C=O) groups excluding carboxylic acids is 1. The standard InChI is InChI=1S/C10H20N2O/c1-4-8(11)9(13)12-7-5-6-10(12,2)3/h8H,4-7,11H2,1-3H3/t8-/m0/s1. The lowest BCUT2D eigenvalue weighted by Crippen LogP contribution is -2.49. The zero-order chi connectivity index (χ0) is 10.1. The van der Waals surface area contributed by atoms with Crippen molar-refractivity contribution in [1.82, 2.24) is 4.90 Å². The van der Waals surface area contributed by atoms with Gasteiger partial charge in [0.15, 0.2) is 0 Å². The lowest BCUT2D eigenvalue weighted by Gasteiger charge is -2.33. The number of likely N-dealkylation sites (tertiary alicyclic amines) is 1. The zero-order valence-corrected chi connectivity index (χ0v) is 8.84. The molecule has 0 aromatic carbocycles. The topological polar surface area (TPSA) is 46.3 Å². The second kappa shape index (κ2) is 3.66. The van der Waals surface area contributed by atoms with E-state index in [4.69, 9.17) is 5.73 Å². The molecule has 0 radical (unpaired) electrons. The van der Waals surface area contributed by atoms with Gasteiger partial charge in [0.2, 0.25) is 5.91 Å². The summed E-state index contributed by atoms with van der Waals surface area (Å²) in [5, 5.41) is 0. The van der Waals surface area contributed by atoms with Crippen LogP contribution in [0.15, 0.2) is 0 Å². The third-order valence-electron chi connectivity index (χ3n) is 2.92. The van der Waals surface area contributed by atoms with Gasteiger partial charge in [0, 0.05) is 12.1 Å². The van der Waals surface area contributed by atoms with Gasteiger partial charge in [-0.2, -0.15) is 0 Å². The number of carbonyl (C=O) groups is 1. The molecule has 1 fully saturated rings. The van der Waals surface area contributed by atoms with E-state index in [0.717, 1.165) is 25.8 Å². The quantitative estimate of drug-likeness (QED) is 0.699. The summed E-state index contributed by atoms with van der Waals surface area (Å²) >= 11 is 0. The van der Waals surface area contributed by atoms with Gasteiger partial charge in [-0.25, -0.2) is 0 Å². The summed E-state index contributed by atoms with van der Waals surface area (Å²) < 4.78 is 0. The van der Waals surface area contributed by atoms with Crippen LogP contribution in [0.3, 0.4) is 0 Å². The molecule has 0 aliphatic carbocycles. The van der Waals surface area contributed by atoms with E-state index in [9.17, 15) is 4.79 Å². The fourth-order valence-electron chi connectivity index (χ4n) is 1.89. The predicted molar refractivity (Wildman–Crippen MR) is 53.3 cm³/mol. The van der Waals surface area contributed by atoms with Crippen LogP contribution in [0.1, 0.15) is 40.0 Å². The van der Waals surface area contributed by atoms with E-state index in [1.165, 1.54) is 0 Å². The van der Waals surface area contributed by atoms with Crippen LogP contribution in [0.2, 0.25) is 0 Å². The normalized spacial score (nSPS) is 23.2. The first-order valence-corrected chi connectivity index (χ1v) is 5.06. The molecule has 0 saturated carbocycles. The fourth-order valence-corrected chi connectivity index (χ4v) is 1.89. The molecule has 1 saturated heterocycles.